The number of rotatable bonds is 6. The van der Waals surface area contributed by atoms with E-state index in [0.29, 0.717) is 36.6 Å². The van der Waals surface area contributed by atoms with Crippen molar-refractivity contribution in [2.75, 3.05) is 13.1 Å². The number of carbonyl (C=O) groups excluding carboxylic acids is 1. The summed E-state index contributed by atoms with van der Waals surface area (Å²) in [6.07, 6.45) is 9.44. The van der Waals surface area contributed by atoms with Gasteiger partial charge in [0.15, 0.2) is 0 Å². The lowest BCUT2D eigenvalue weighted by Crippen LogP contribution is -2.42. The third kappa shape index (κ3) is 3.73. The molecule has 1 saturated carbocycles. The minimum absolute atomic E-state index is 0.319. The van der Waals surface area contributed by atoms with Crippen LogP contribution in [-0.2, 0) is 9.53 Å². The second-order valence-corrected chi connectivity index (χ2v) is 6.76. The zero-order valence-electron chi connectivity index (χ0n) is 12.6. The van der Waals surface area contributed by atoms with Crippen LogP contribution in [0.4, 0.5) is 0 Å². The summed E-state index contributed by atoms with van der Waals surface area (Å²) in [6.45, 7) is 4.17. The summed E-state index contributed by atoms with van der Waals surface area (Å²) in [5.41, 5.74) is 0. The Balaban J connectivity index is 1.45. The summed E-state index contributed by atoms with van der Waals surface area (Å²) < 4.78 is 5.82. The second kappa shape index (κ2) is 6.44. The zero-order valence-corrected chi connectivity index (χ0v) is 12.6. The topological polar surface area (TPSA) is 41.6 Å². The molecule has 2 heterocycles. The number of nitrogens with zero attached hydrogens (tertiary/aromatic N) is 1. The Kier molecular flexibility index (Phi) is 4.61. The highest BCUT2D eigenvalue weighted by atomic mass is 16.5. The van der Waals surface area contributed by atoms with E-state index < -0.39 is 0 Å². The summed E-state index contributed by atoms with van der Waals surface area (Å²) in [5, 5.41) is 3.51. The molecular formula is C16H28N2O2. The first kappa shape index (κ1) is 14.3. The molecule has 1 amide bonds. The summed E-state index contributed by atoms with van der Waals surface area (Å²) in [6, 6.07) is 1.07. The molecule has 0 spiro atoms. The van der Waals surface area contributed by atoms with Crippen LogP contribution in [0.2, 0.25) is 0 Å². The molecule has 0 aromatic carbocycles. The Morgan fingerprint density at radius 1 is 1.25 bits per heavy atom. The fourth-order valence-electron chi connectivity index (χ4n) is 3.52. The van der Waals surface area contributed by atoms with Crippen molar-refractivity contribution in [3.8, 4) is 0 Å². The molecule has 2 aliphatic heterocycles. The van der Waals surface area contributed by atoms with Crippen molar-refractivity contribution in [3.63, 3.8) is 0 Å². The molecule has 1 N–H and O–H groups in total. The van der Waals surface area contributed by atoms with E-state index in [1.165, 1.54) is 25.7 Å². The quantitative estimate of drug-likeness (QED) is 0.810. The minimum atomic E-state index is 0.319. The van der Waals surface area contributed by atoms with E-state index in [4.69, 9.17) is 4.74 Å². The number of ether oxygens (including phenoxy) is 1. The van der Waals surface area contributed by atoms with Crippen LogP contribution in [0.5, 0.6) is 0 Å². The van der Waals surface area contributed by atoms with Gasteiger partial charge in [0.2, 0.25) is 5.91 Å². The van der Waals surface area contributed by atoms with E-state index in [9.17, 15) is 4.79 Å². The molecule has 3 rings (SSSR count). The van der Waals surface area contributed by atoms with Crippen molar-refractivity contribution in [2.24, 2.45) is 0 Å². The molecule has 1 aliphatic carbocycles. The highest BCUT2D eigenvalue weighted by Gasteiger charge is 2.34. The molecule has 0 aromatic heterocycles. The van der Waals surface area contributed by atoms with Gasteiger partial charge < -0.3 is 15.0 Å². The van der Waals surface area contributed by atoms with Gasteiger partial charge in [-0.1, -0.05) is 0 Å². The lowest BCUT2D eigenvalue weighted by Gasteiger charge is -2.26. The van der Waals surface area contributed by atoms with Gasteiger partial charge >= 0.3 is 0 Å². The monoisotopic (exact) mass is 280 g/mol. The molecule has 4 heteroatoms. The first-order valence-corrected chi connectivity index (χ1v) is 8.40. The Bertz CT molecular complexity index is 337. The summed E-state index contributed by atoms with van der Waals surface area (Å²) in [4.78, 5) is 14.6. The van der Waals surface area contributed by atoms with Crippen LogP contribution in [0, 0.1) is 0 Å². The number of nitrogens with one attached hydrogen (secondary N) is 1. The van der Waals surface area contributed by atoms with Crippen molar-refractivity contribution < 1.29 is 9.53 Å². The van der Waals surface area contributed by atoms with Crippen molar-refractivity contribution in [1.29, 1.82) is 0 Å². The molecule has 3 atom stereocenters. The van der Waals surface area contributed by atoms with Crippen LogP contribution < -0.4 is 5.32 Å². The number of hydrogen-bond donors (Lipinski definition) is 1. The highest BCUT2D eigenvalue weighted by molar-refractivity contribution is 5.77. The molecule has 2 saturated heterocycles. The second-order valence-electron chi connectivity index (χ2n) is 6.76. The molecule has 3 fully saturated rings. The maximum absolute atomic E-state index is 12.5. The molecule has 0 bridgehead atoms. The van der Waals surface area contributed by atoms with Crippen LogP contribution in [0.25, 0.3) is 0 Å². The predicted octanol–water partition coefficient (Wildman–Crippen LogP) is 2.08. The molecule has 20 heavy (non-hydrogen) atoms. The van der Waals surface area contributed by atoms with Crippen molar-refractivity contribution in [3.05, 3.63) is 0 Å². The molecule has 0 aromatic rings. The van der Waals surface area contributed by atoms with Gasteiger partial charge in [0.05, 0.1) is 12.2 Å². The SMILES string of the molecule is C[C@@H]1CC[C@@H](CCC(=O)N(C[C@@H]2CCCN2)C2CC2)O1. The summed E-state index contributed by atoms with van der Waals surface area (Å²) in [7, 11) is 0. The molecule has 3 aliphatic rings. The van der Waals surface area contributed by atoms with E-state index in [1.807, 2.05) is 0 Å². The zero-order chi connectivity index (χ0) is 13.9. The Morgan fingerprint density at radius 3 is 2.70 bits per heavy atom. The van der Waals surface area contributed by atoms with E-state index >= 15 is 0 Å². The van der Waals surface area contributed by atoms with Gasteiger partial charge in [-0.2, -0.15) is 0 Å². The van der Waals surface area contributed by atoms with Crippen molar-refractivity contribution >= 4 is 5.91 Å². The van der Waals surface area contributed by atoms with Crippen LogP contribution in [0.1, 0.15) is 58.3 Å². The van der Waals surface area contributed by atoms with Gasteiger partial charge in [-0.3, -0.25) is 4.79 Å². The molecule has 0 unspecified atom stereocenters. The average molecular weight is 280 g/mol. The normalized spacial score (nSPS) is 33.5. The fraction of sp³-hybridized carbons (Fsp3) is 0.938. The van der Waals surface area contributed by atoms with Gasteiger partial charge in [-0.05, 0) is 58.4 Å². The molecular weight excluding hydrogens is 252 g/mol. The summed E-state index contributed by atoms with van der Waals surface area (Å²) in [5.74, 6) is 0.351. The lowest BCUT2D eigenvalue weighted by atomic mass is 10.1. The Labute approximate surface area is 122 Å². The van der Waals surface area contributed by atoms with Crippen LogP contribution in [-0.4, -0.2) is 48.2 Å². The van der Waals surface area contributed by atoms with Crippen LogP contribution in [0.3, 0.4) is 0 Å². The van der Waals surface area contributed by atoms with Crippen molar-refractivity contribution in [2.45, 2.75) is 82.6 Å². The summed E-state index contributed by atoms with van der Waals surface area (Å²) >= 11 is 0. The first-order valence-electron chi connectivity index (χ1n) is 8.40. The predicted molar refractivity (Wildman–Crippen MR) is 78.6 cm³/mol. The van der Waals surface area contributed by atoms with Gasteiger partial charge in [0.1, 0.15) is 0 Å². The minimum Gasteiger partial charge on any atom is -0.375 e. The average Bonchev–Trinajstić information content (AvgIpc) is 2.97. The van der Waals surface area contributed by atoms with E-state index in [0.717, 1.165) is 32.4 Å². The molecule has 0 radical (unpaired) electrons. The standard InChI is InChI=1S/C16H28N2O2/c1-12-4-7-15(20-12)8-9-16(19)18(14-5-6-14)11-13-3-2-10-17-13/h12-15,17H,2-11H2,1H3/t12-,13+,15+/m1/s1. The maximum atomic E-state index is 12.5. The molecule has 114 valence electrons. The number of carbonyl (C=O) groups is 1. The van der Waals surface area contributed by atoms with Gasteiger partial charge in [0, 0.05) is 25.0 Å². The van der Waals surface area contributed by atoms with Gasteiger partial charge in [0.25, 0.3) is 0 Å². The number of hydrogen-bond acceptors (Lipinski definition) is 3. The Hall–Kier alpha value is -0.610. The van der Waals surface area contributed by atoms with Gasteiger partial charge in [-0.25, -0.2) is 0 Å². The third-order valence-electron chi connectivity index (χ3n) is 4.89. The van der Waals surface area contributed by atoms with E-state index in [2.05, 4.69) is 17.1 Å². The van der Waals surface area contributed by atoms with Gasteiger partial charge in [-0.15, -0.1) is 0 Å². The first-order chi connectivity index (χ1) is 9.72. The Morgan fingerprint density at radius 2 is 2.10 bits per heavy atom. The van der Waals surface area contributed by atoms with E-state index in [-0.39, 0.29) is 0 Å². The maximum Gasteiger partial charge on any atom is 0.222 e. The fourth-order valence-corrected chi connectivity index (χ4v) is 3.52. The third-order valence-corrected chi connectivity index (χ3v) is 4.89. The van der Waals surface area contributed by atoms with Crippen molar-refractivity contribution in [1.82, 2.24) is 10.2 Å². The van der Waals surface area contributed by atoms with Crippen LogP contribution >= 0.6 is 0 Å². The smallest absolute Gasteiger partial charge is 0.222 e. The largest absolute Gasteiger partial charge is 0.375 e. The van der Waals surface area contributed by atoms with E-state index in [1.54, 1.807) is 0 Å². The number of amides is 1. The lowest BCUT2D eigenvalue weighted by molar-refractivity contribution is -0.132. The molecule has 4 nitrogen and oxygen atoms in total. The van der Waals surface area contributed by atoms with Crippen LogP contribution in [0.15, 0.2) is 0 Å². The highest BCUT2D eigenvalue weighted by Crippen LogP contribution is 2.29.